The van der Waals surface area contributed by atoms with Crippen LogP contribution in [0.5, 0.6) is 0 Å². The maximum Gasteiger partial charge on any atom is 0.228 e. The number of aromatic nitrogens is 4. The van der Waals surface area contributed by atoms with E-state index in [9.17, 15) is 0 Å². The molecule has 2 aromatic heterocycles. The zero-order valence-electron chi connectivity index (χ0n) is 16.1. The van der Waals surface area contributed by atoms with E-state index in [0.29, 0.717) is 0 Å². The van der Waals surface area contributed by atoms with Crippen molar-refractivity contribution in [2.45, 2.75) is 31.3 Å². The molecule has 0 saturated carbocycles. The van der Waals surface area contributed by atoms with Gasteiger partial charge >= 0.3 is 0 Å². The third-order valence-electron chi connectivity index (χ3n) is 4.51. The molecular weight excluding hydrogens is 392 g/mol. The van der Waals surface area contributed by atoms with E-state index in [1.54, 1.807) is 23.1 Å². The predicted molar refractivity (Wildman–Crippen MR) is 115 cm³/mol. The fourth-order valence-electron chi connectivity index (χ4n) is 2.99. The summed E-state index contributed by atoms with van der Waals surface area (Å²) >= 11 is 3.30. The van der Waals surface area contributed by atoms with Crippen LogP contribution in [0.2, 0.25) is 0 Å². The highest BCUT2D eigenvalue weighted by atomic mass is 32.2. The van der Waals surface area contributed by atoms with Gasteiger partial charge in [-0.05, 0) is 26.0 Å². The molecule has 0 unspecified atom stereocenters. The van der Waals surface area contributed by atoms with Gasteiger partial charge in [0.05, 0.1) is 18.9 Å². The average Bonchev–Trinajstić information content (AvgIpc) is 3.35. The molecule has 0 bridgehead atoms. The summed E-state index contributed by atoms with van der Waals surface area (Å²) in [4.78, 5) is 6.94. The Morgan fingerprint density at radius 1 is 1.18 bits per heavy atom. The predicted octanol–water partition coefficient (Wildman–Crippen LogP) is 3.94. The lowest BCUT2D eigenvalue weighted by molar-refractivity contribution is 0.121. The number of ether oxygens (including phenoxy) is 1. The number of hydrogen-bond acceptors (Lipinski definition) is 8. The van der Waals surface area contributed by atoms with Gasteiger partial charge < -0.3 is 15.0 Å². The van der Waals surface area contributed by atoms with Crippen molar-refractivity contribution in [2.24, 2.45) is 0 Å². The van der Waals surface area contributed by atoms with Gasteiger partial charge in [-0.2, -0.15) is 0 Å². The topological polar surface area (TPSA) is 68.1 Å². The largest absolute Gasteiger partial charge is 0.378 e. The van der Waals surface area contributed by atoms with Crippen LogP contribution in [0.15, 0.2) is 34.8 Å². The van der Waals surface area contributed by atoms with Gasteiger partial charge in [0.15, 0.2) is 10.3 Å². The summed E-state index contributed by atoms with van der Waals surface area (Å²) in [5.74, 6) is 1.71. The van der Waals surface area contributed by atoms with Crippen molar-refractivity contribution in [1.82, 2.24) is 19.7 Å². The molecule has 0 radical (unpaired) electrons. The minimum absolute atomic E-state index is 0.745. The smallest absolute Gasteiger partial charge is 0.228 e. The van der Waals surface area contributed by atoms with E-state index in [0.717, 1.165) is 66.2 Å². The van der Waals surface area contributed by atoms with E-state index in [-0.39, 0.29) is 0 Å². The van der Waals surface area contributed by atoms with E-state index in [1.165, 1.54) is 5.56 Å². The summed E-state index contributed by atoms with van der Waals surface area (Å²) in [7, 11) is 0. The van der Waals surface area contributed by atoms with E-state index < -0.39 is 0 Å². The van der Waals surface area contributed by atoms with Gasteiger partial charge in [0, 0.05) is 36.5 Å². The first-order valence-corrected chi connectivity index (χ1v) is 11.3. The summed E-state index contributed by atoms with van der Waals surface area (Å²) in [6.45, 7) is 8.28. The molecule has 148 valence electrons. The van der Waals surface area contributed by atoms with Gasteiger partial charge in [0.2, 0.25) is 5.95 Å². The highest BCUT2D eigenvalue weighted by Gasteiger charge is 2.20. The average molecular weight is 417 g/mol. The number of morpholine rings is 1. The molecule has 3 aromatic rings. The summed E-state index contributed by atoms with van der Waals surface area (Å²) < 4.78 is 7.61. The molecule has 4 rings (SSSR count). The van der Waals surface area contributed by atoms with Crippen molar-refractivity contribution in [2.75, 3.05) is 36.5 Å². The number of nitrogens with one attached hydrogen (secondary N) is 1. The number of thioether (sulfide) groups is 1. The number of thiazole rings is 1. The quantitative estimate of drug-likeness (QED) is 0.585. The first-order chi connectivity index (χ1) is 13.7. The Kier molecular flexibility index (Phi) is 6.13. The number of rotatable bonds is 7. The molecule has 1 fully saturated rings. The highest BCUT2D eigenvalue weighted by Crippen LogP contribution is 2.28. The molecule has 28 heavy (non-hydrogen) atoms. The number of anilines is 3. The Morgan fingerprint density at radius 2 is 1.96 bits per heavy atom. The van der Waals surface area contributed by atoms with Crippen LogP contribution in [0.4, 0.5) is 16.8 Å². The third kappa shape index (κ3) is 4.48. The molecule has 0 atom stereocenters. The first-order valence-electron chi connectivity index (χ1n) is 9.39. The number of nitrogens with zero attached hydrogens (tertiary/aromatic N) is 5. The first kappa shape index (κ1) is 19.2. The molecular formula is C19H24N6OS2. The van der Waals surface area contributed by atoms with E-state index >= 15 is 0 Å². The standard InChI is InChI=1S/C19H24N6OS2/c1-3-25-18(24-8-10-26-11-9-24)22-23-19(25)28-13-16-12-27-17(21-16)20-15-6-4-14(2)5-7-15/h4-7,12H,3,8-11,13H2,1-2H3,(H,20,21). The van der Waals surface area contributed by atoms with Crippen LogP contribution in [-0.4, -0.2) is 46.1 Å². The molecule has 3 heterocycles. The van der Waals surface area contributed by atoms with Gasteiger partial charge in [-0.1, -0.05) is 29.5 Å². The van der Waals surface area contributed by atoms with Crippen molar-refractivity contribution >= 4 is 39.9 Å². The summed E-state index contributed by atoms with van der Waals surface area (Å²) in [5, 5.41) is 16.1. The van der Waals surface area contributed by atoms with Crippen molar-refractivity contribution < 1.29 is 4.74 Å². The molecule has 1 aliphatic heterocycles. The molecule has 1 aliphatic rings. The maximum atomic E-state index is 5.44. The zero-order valence-corrected chi connectivity index (χ0v) is 17.7. The summed E-state index contributed by atoms with van der Waals surface area (Å²) in [6.07, 6.45) is 0. The number of benzene rings is 1. The lowest BCUT2D eigenvalue weighted by atomic mass is 10.2. The van der Waals surface area contributed by atoms with Gasteiger partial charge in [-0.25, -0.2) is 4.98 Å². The lowest BCUT2D eigenvalue weighted by Gasteiger charge is -2.27. The van der Waals surface area contributed by atoms with Gasteiger partial charge in [0.1, 0.15) is 0 Å². The zero-order chi connectivity index (χ0) is 19.3. The molecule has 0 spiro atoms. The molecule has 1 aromatic carbocycles. The Bertz CT molecular complexity index is 902. The second-order valence-electron chi connectivity index (χ2n) is 6.55. The van der Waals surface area contributed by atoms with E-state index in [4.69, 9.17) is 9.72 Å². The van der Waals surface area contributed by atoms with Gasteiger partial charge in [0.25, 0.3) is 0 Å². The minimum Gasteiger partial charge on any atom is -0.378 e. The van der Waals surface area contributed by atoms with Crippen LogP contribution >= 0.6 is 23.1 Å². The van der Waals surface area contributed by atoms with Crippen LogP contribution < -0.4 is 10.2 Å². The number of aryl methyl sites for hydroxylation is 1. The second-order valence-corrected chi connectivity index (χ2v) is 8.35. The van der Waals surface area contributed by atoms with Crippen molar-refractivity contribution in [3.8, 4) is 0 Å². The van der Waals surface area contributed by atoms with E-state index in [2.05, 4.69) is 68.5 Å². The van der Waals surface area contributed by atoms with Crippen LogP contribution in [0, 0.1) is 6.92 Å². The van der Waals surface area contributed by atoms with Crippen molar-refractivity contribution in [3.63, 3.8) is 0 Å². The second kappa shape index (κ2) is 8.93. The van der Waals surface area contributed by atoms with Crippen molar-refractivity contribution in [1.29, 1.82) is 0 Å². The fourth-order valence-corrected chi connectivity index (χ4v) is 4.72. The van der Waals surface area contributed by atoms with Crippen LogP contribution in [0.1, 0.15) is 18.2 Å². The van der Waals surface area contributed by atoms with Crippen LogP contribution in [0.3, 0.4) is 0 Å². The lowest BCUT2D eigenvalue weighted by Crippen LogP contribution is -2.38. The number of hydrogen-bond donors (Lipinski definition) is 1. The van der Waals surface area contributed by atoms with Crippen molar-refractivity contribution in [3.05, 3.63) is 40.9 Å². The van der Waals surface area contributed by atoms with E-state index in [1.807, 2.05) is 0 Å². The normalized spacial score (nSPS) is 14.4. The molecule has 1 N–H and O–H groups in total. The highest BCUT2D eigenvalue weighted by molar-refractivity contribution is 7.98. The SMILES string of the molecule is CCn1c(SCc2csc(Nc3ccc(C)cc3)n2)nnc1N1CCOCC1. The molecule has 0 aliphatic carbocycles. The Hall–Kier alpha value is -2.10. The summed E-state index contributed by atoms with van der Waals surface area (Å²) in [6, 6.07) is 8.33. The monoisotopic (exact) mass is 416 g/mol. The maximum absolute atomic E-state index is 5.44. The molecule has 9 heteroatoms. The Labute approximate surface area is 173 Å². The van der Waals surface area contributed by atoms with Crippen LogP contribution in [0.25, 0.3) is 0 Å². The van der Waals surface area contributed by atoms with Crippen LogP contribution in [-0.2, 0) is 17.0 Å². The molecule has 0 amide bonds. The van der Waals surface area contributed by atoms with Gasteiger partial charge in [-0.3, -0.25) is 4.57 Å². The fraction of sp³-hybridized carbons (Fsp3) is 0.421. The molecule has 7 nitrogen and oxygen atoms in total. The Morgan fingerprint density at radius 3 is 2.71 bits per heavy atom. The van der Waals surface area contributed by atoms with Gasteiger partial charge in [-0.15, -0.1) is 21.5 Å². The summed E-state index contributed by atoms with van der Waals surface area (Å²) in [5.41, 5.74) is 3.35. The minimum atomic E-state index is 0.745. The Balaban J connectivity index is 1.39. The molecule has 1 saturated heterocycles. The third-order valence-corrected chi connectivity index (χ3v) is 6.32.